The molecule has 0 amide bonds. The Bertz CT molecular complexity index is 289. The molecule has 0 saturated carbocycles. The zero-order valence-corrected chi connectivity index (χ0v) is 7.86. The van der Waals surface area contributed by atoms with Crippen molar-refractivity contribution in [3.05, 3.63) is 11.8 Å². The second-order valence-corrected chi connectivity index (χ2v) is 2.88. The molecule has 0 aliphatic rings. The maximum Gasteiger partial charge on any atom is 0.221 e. The maximum absolute atomic E-state index is 8.74. The number of nitrogens with two attached hydrogens (primary N) is 1. The van der Waals surface area contributed by atoms with Crippen LogP contribution >= 0.6 is 0 Å². The molecule has 0 atom stereocenters. The Morgan fingerprint density at radius 1 is 1.62 bits per heavy atom. The van der Waals surface area contributed by atoms with E-state index in [1.807, 2.05) is 18.9 Å². The summed E-state index contributed by atoms with van der Waals surface area (Å²) in [6.45, 7) is 2.54. The van der Waals surface area contributed by atoms with E-state index < -0.39 is 0 Å². The van der Waals surface area contributed by atoms with Gasteiger partial charge < -0.3 is 15.7 Å². The number of hydrogen-bond acceptors (Lipinski definition) is 5. The Kier molecular flexibility index (Phi) is 3.02. The van der Waals surface area contributed by atoms with Crippen LogP contribution in [0, 0.1) is 6.92 Å². The van der Waals surface area contributed by atoms with Crippen molar-refractivity contribution in [3.8, 4) is 0 Å². The van der Waals surface area contributed by atoms with Crippen LogP contribution in [0.15, 0.2) is 6.20 Å². The van der Waals surface area contributed by atoms with Crippen molar-refractivity contribution in [1.82, 2.24) is 9.97 Å². The first-order chi connectivity index (χ1) is 6.15. The average molecular weight is 182 g/mol. The Labute approximate surface area is 77.2 Å². The van der Waals surface area contributed by atoms with Crippen LogP contribution in [0.25, 0.3) is 0 Å². The van der Waals surface area contributed by atoms with Crippen LogP contribution in [0.4, 0.5) is 11.8 Å². The monoisotopic (exact) mass is 182 g/mol. The highest BCUT2D eigenvalue weighted by Gasteiger charge is 2.06. The van der Waals surface area contributed by atoms with Crippen molar-refractivity contribution in [2.45, 2.75) is 6.92 Å². The van der Waals surface area contributed by atoms with Gasteiger partial charge in [-0.25, -0.2) is 4.98 Å². The molecule has 1 rings (SSSR count). The third-order valence-electron chi connectivity index (χ3n) is 1.76. The lowest BCUT2D eigenvalue weighted by Crippen LogP contribution is -2.23. The summed E-state index contributed by atoms with van der Waals surface area (Å²) in [7, 11) is 1.85. The molecular weight excluding hydrogens is 168 g/mol. The first-order valence-corrected chi connectivity index (χ1v) is 4.06. The molecule has 0 bridgehead atoms. The number of aliphatic hydroxyl groups is 1. The highest BCUT2D eigenvalue weighted by Crippen LogP contribution is 2.14. The van der Waals surface area contributed by atoms with Gasteiger partial charge in [0.15, 0.2) is 0 Å². The smallest absolute Gasteiger partial charge is 0.221 e. The van der Waals surface area contributed by atoms with Gasteiger partial charge in [-0.1, -0.05) is 0 Å². The molecule has 5 nitrogen and oxygen atoms in total. The van der Waals surface area contributed by atoms with Crippen molar-refractivity contribution >= 4 is 11.8 Å². The molecule has 1 aromatic rings. The minimum atomic E-state index is 0.0971. The van der Waals surface area contributed by atoms with E-state index in [0.717, 1.165) is 11.4 Å². The Balaban J connectivity index is 2.91. The summed E-state index contributed by atoms with van der Waals surface area (Å²) in [5, 5.41) is 8.74. The highest BCUT2D eigenvalue weighted by molar-refractivity contribution is 5.47. The molecule has 0 unspecified atom stereocenters. The molecule has 72 valence electrons. The van der Waals surface area contributed by atoms with Gasteiger partial charge in [0.2, 0.25) is 5.95 Å². The number of rotatable bonds is 3. The minimum Gasteiger partial charge on any atom is -0.395 e. The molecule has 0 radical (unpaired) electrons. The molecule has 0 fully saturated rings. The number of hydrogen-bond donors (Lipinski definition) is 2. The van der Waals surface area contributed by atoms with E-state index in [1.165, 1.54) is 0 Å². The fourth-order valence-electron chi connectivity index (χ4n) is 1.09. The van der Waals surface area contributed by atoms with Crippen molar-refractivity contribution in [1.29, 1.82) is 0 Å². The second-order valence-electron chi connectivity index (χ2n) is 2.88. The van der Waals surface area contributed by atoms with Crippen LogP contribution in [-0.2, 0) is 0 Å². The zero-order chi connectivity index (χ0) is 9.84. The van der Waals surface area contributed by atoms with Gasteiger partial charge in [-0.2, -0.15) is 4.98 Å². The number of anilines is 2. The van der Waals surface area contributed by atoms with E-state index in [0.29, 0.717) is 6.54 Å². The van der Waals surface area contributed by atoms with Crippen molar-refractivity contribution in [3.63, 3.8) is 0 Å². The summed E-state index contributed by atoms with van der Waals surface area (Å²) in [4.78, 5) is 9.77. The van der Waals surface area contributed by atoms with Gasteiger partial charge in [0, 0.05) is 25.4 Å². The third kappa shape index (κ3) is 2.29. The largest absolute Gasteiger partial charge is 0.395 e. The molecule has 0 aromatic carbocycles. The number of nitrogens with zero attached hydrogens (tertiary/aromatic N) is 3. The van der Waals surface area contributed by atoms with E-state index in [1.54, 1.807) is 6.20 Å². The summed E-state index contributed by atoms with van der Waals surface area (Å²) < 4.78 is 0. The predicted octanol–water partition coefficient (Wildman–Crippen LogP) is -0.204. The molecule has 0 aliphatic carbocycles. The van der Waals surface area contributed by atoms with Gasteiger partial charge in [-0.15, -0.1) is 0 Å². The van der Waals surface area contributed by atoms with E-state index in [-0.39, 0.29) is 12.6 Å². The normalized spacial score (nSPS) is 10.1. The highest BCUT2D eigenvalue weighted by atomic mass is 16.3. The van der Waals surface area contributed by atoms with Crippen LogP contribution in [0.5, 0.6) is 0 Å². The number of aliphatic hydroxyl groups excluding tert-OH is 1. The predicted molar refractivity (Wildman–Crippen MR) is 51.5 cm³/mol. The summed E-state index contributed by atoms with van der Waals surface area (Å²) in [5.41, 5.74) is 6.40. The van der Waals surface area contributed by atoms with E-state index >= 15 is 0 Å². The van der Waals surface area contributed by atoms with Gasteiger partial charge in [0.25, 0.3) is 0 Å². The van der Waals surface area contributed by atoms with E-state index in [9.17, 15) is 0 Å². The molecule has 0 saturated heterocycles. The maximum atomic E-state index is 8.74. The summed E-state index contributed by atoms with van der Waals surface area (Å²) >= 11 is 0. The van der Waals surface area contributed by atoms with Crippen molar-refractivity contribution in [2.24, 2.45) is 0 Å². The zero-order valence-electron chi connectivity index (χ0n) is 7.86. The molecular formula is C8H14N4O. The molecule has 3 N–H and O–H groups in total. The van der Waals surface area contributed by atoms with Crippen LogP contribution in [0.3, 0.4) is 0 Å². The Morgan fingerprint density at radius 3 is 2.92 bits per heavy atom. The van der Waals surface area contributed by atoms with Crippen LogP contribution in [-0.4, -0.2) is 35.3 Å². The van der Waals surface area contributed by atoms with Gasteiger partial charge in [0.05, 0.1) is 6.61 Å². The third-order valence-corrected chi connectivity index (χ3v) is 1.76. The lowest BCUT2D eigenvalue weighted by atomic mass is 10.3. The second kappa shape index (κ2) is 4.04. The van der Waals surface area contributed by atoms with E-state index in [2.05, 4.69) is 9.97 Å². The fourth-order valence-corrected chi connectivity index (χ4v) is 1.09. The molecule has 0 spiro atoms. The van der Waals surface area contributed by atoms with Crippen LogP contribution in [0.1, 0.15) is 5.56 Å². The number of aryl methyl sites for hydroxylation is 1. The van der Waals surface area contributed by atoms with Crippen molar-refractivity contribution < 1.29 is 5.11 Å². The number of likely N-dealkylation sites (N-methyl/N-ethyl adjacent to an activating group) is 1. The summed E-state index contributed by atoms with van der Waals surface area (Å²) in [5.74, 6) is 1.02. The molecule has 5 heteroatoms. The van der Waals surface area contributed by atoms with Crippen LogP contribution in [0.2, 0.25) is 0 Å². The lowest BCUT2D eigenvalue weighted by Gasteiger charge is -2.18. The first-order valence-electron chi connectivity index (χ1n) is 4.06. The van der Waals surface area contributed by atoms with E-state index in [4.69, 9.17) is 10.8 Å². The van der Waals surface area contributed by atoms with Gasteiger partial charge in [-0.3, -0.25) is 0 Å². The molecule has 1 aromatic heterocycles. The summed E-state index contributed by atoms with van der Waals surface area (Å²) in [6.07, 6.45) is 1.67. The topological polar surface area (TPSA) is 75.3 Å². The SMILES string of the molecule is Cc1cnc(N)nc1N(C)CCO. The Hall–Kier alpha value is -1.36. The fraction of sp³-hybridized carbons (Fsp3) is 0.500. The van der Waals surface area contributed by atoms with Crippen LogP contribution < -0.4 is 10.6 Å². The molecule has 13 heavy (non-hydrogen) atoms. The molecule has 0 aliphatic heterocycles. The average Bonchev–Trinajstić information content (AvgIpc) is 2.09. The molecule has 1 heterocycles. The number of aromatic nitrogens is 2. The first kappa shape index (κ1) is 9.73. The summed E-state index contributed by atoms with van der Waals surface area (Å²) in [6, 6.07) is 0. The standard InChI is InChI=1S/C8H14N4O/c1-6-5-10-8(9)11-7(6)12(2)3-4-13/h5,13H,3-4H2,1-2H3,(H2,9,10,11). The number of nitrogen functional groups attached to an aromatic ring is 1. The lowest BCUT2D eigenvalue weighted by molar-refractivity contribution is 0.304. The van der Waals surface area contributed by atoms with Gasteiger partial charge in [-0.05, 0) is 6.92 Å². The van der Waals surface area contributed by atoms with Gasteiger partial charge >= 0.3 is 0 Å². The van der Waals surface area contributed by atoms with Crippen molar-refractivity contribution in [2.75, 3.05) is 30.8 Å². The quantitative estimate of drug-likeness (QED) is 0.677. The van der Waals surface area contributed by atoms with Gasteiger partial charge in [0.1, 0.15) is 5.82 Å². The minimum absolute atomic E-state index is 0.0971. The Morgan fingerprint density at radius 2 is 2.31 bits per heavy atom.